The van der Waals surface area contributed by atoms with Crippen LogP contribution in [-0.4, -0.2) is 36.1 Å². The molecular weight excluding hydrogens is 341 g/mol. The second kappa shape index (κ2) is 7.33. The number of anilines is 1. The summed E-state index contributed by atoms with van der Waals surface area (Å²) in [6.07, 6.45) is 3.86. The Hall–Kier alpha value is -0.720. The number of hydrogen-bond donors (Lipinski definition) is 2. The number of hydrogen-bond acceptors (Lipinski definition) is 3. The van der Waals surface area contributed by atoms with Crippen molar-refractivity contribution < 1.29 is 4.39 Å². The Labute approximate surface area is 132 Å². The van der Waals surface area contributed by atoms with Crippen LogP contribution in [0.2, 0.25) is 0 Å². The van der Waals surface area contributed by atoms with Crippen molar-refractivity contribution in [2.75, 3.05) is 31.5 Å². The van der Waals surface area contributed by atoms with Gasteiger partial charge >= 0.3 is 0 Å². The van der Waals surface area contributed by atoms with Gasteiger partial charge in [-0.3, -0.25) is 0 Å². The number of likely N-dealkylation sites (tertiary alicyclic amines) is 1. The lowest BCUT2D eigenvalue weighted by Gasteiger charge is -2.26. The van der Waals surface area contributed by atoms with Crippen molar-refractivity contribution in [1.29, 1.82) is 0 Å². The van der Waals surface area contributed by atoms with Crippen molar-refractivity contribution in [3.8, 4) is 0 Å². The molecule has 20 heavy (non-hydrogen) atoms. The van der Waals surface area contributed by atoms with Gasteiger partial charge in [-0.1, -0.05) is 18.6 Å². The second-order valence-electron chi connectivity index (χ2n) is 4.98. The maximum Gasteiger partial charge on any atom is 0.161 e. The van der Waals surface area contributed by atoms with E-state index in [2.05, 4.69) is 26.1 Å². The highest BCUT2D eigenvalue weighted by atomic mass is 79.9. The molecule has 1 aliphatic heterocycles. The molecule has 0 bridgehead atoms. The maximum atomic E-state index is 14.1. The number of nitrogens with two attached hydrogens (primary N) is 1. The first-order chi connectivity index (χ1) is 9.59. The van der Waals surface area contributed by atoms with Gasteiger partial charge in [-0.2, -0.15) is 0 Å². The van der Waals surface area contributed by atoms with E-state index in [1.54, 1.807) is 12.1 Å². The zero-order valence-electron chi connectivity index (χ0n) is 11.3. The Bertz CT molecular complexity index is 490. The zero-order valence-corrected chi connectivity index (χ0v) is 13.7. The van der Waals surface area contributed by atoms with Gasteiger partial charge in [-0.25, -0.2) is 4.39 Å². The van der Waals surface area contributed by atoms with Crippen LogP contribution in [0.3, 0.4) is 0 Å². The van der Waals surface area contributed by atoms with Crippen LogP contribution in [-0.2, 0) is 0 Å². The van der Waals surface area contributed by atoms with Crippen LogP contribution in [0.5, 0.6) is 0 Å². The molecule has 0 aromatic heterocycles. The zero-order chi connectivity index (χ0) is 14.5. The Morgan fingerprint density at radius 2 is 2.05 bits per heavy atom. The molecule has 1 heterocycles. The van der Waals surface area contributed by atoms with Crippen LogP contribution in [0.4, 0.5) is 10.1 Å². The summed E-state index contributed by atoms with van der Waals surface area (Å²) >= 11 is 8.09. The average molecular weight is 360 g/mol. The van der Waals surface area contributed by atoms with E-state index in [0.29, 0.717) is 15.7 Å². The molecule has 0 amide bonds. The molecule has 0 atom stereocenters. The lowest BCUT2D eigenvalue weighted by atomic mass is 10.1. The van der Waals surface area contributed by atoms with Gasteiger partial charge in [0, 0.05) is 18.7 Å². The van der Waals surface area contributed by atoms with Crippen LogP contribution < -0.4 is 11.1 Å². The van der Waals surface area contributed by atoms with E-state index in [-0.39, 0.29) is 10.8 Å². The summed E-state index contributed by atoms with van der Waals surface area (Å²) in [7, 11) is 0. The summed E-state index contributed by atoms with van der Waals surface area (Å²) in [5.74, 6) is -0.339. The summed E-state index contributed by atoms with van der Waals surface area (Å²) in [5, 5.41) is 3.14. The number of thiocarbonyl (C=S) groups is 1. The summed E-state index contributed by atoms with van der Waals surface area (Å²) in [4.78, 5) is 2.60. The van der Waals surface area contributed by atoms with Crippen LogP contribution >= 0.6 is 28.1 Å². The lowest BCUT2D eigenvalue weighted by Crippen LogP contribution is -2.33. The molecule has 0 spiro atoms. The molecule has 110 valence electrons. The molecule has 3 nitrogen and oxygen atoms in total. The van der Waals surface area contributed by atoms with Gasteiger partial charge in [0.2, 0.25) is 0 Å². The topological polar surface area (TPSA) is 41.3 Å². The molecule has 0 unspecified atom stereocenters. The number of halogens is 2. The Morgan fingerprint density at radius 3 is 2.70 bits per heavy atom. The standard InChI is InChI=1S/C14H19BrFN3S/c15-12-10(14(17)20)4-5-11(13(12)16)18-6-9-19-7-2-1-3-8-19/h4-5,18H,1-3,6-9H2,(H2,17,20). The number of benzene rings is 1. The summed E-state index contributed by atoms with van der Waals surface area (Å²) in [6.45, 7) is 3.96. The van der Waals surface area contributed by atoms with E-state index in [9.17, 15) is 4.39 Å². The molecule has 0 radical (unpaired) electrons. The van der Waals surface area contributed by atoms with Crippen LogP contribution in [0.15, 0.2) is 16.6 Å². The monoisotopic (exact) mass is 359 g/mol. The SMILES string of the molecule is NC(=S)c1ccc(NCCN2CCCCC2)c(F)c1Br. The largest absolute Gasteiger partial charge is 0.389 e. The van der Waals surface area contributed by atoms with E-state index in [1.165, 1.54) is 19.3 Å². The van der Waals surface area contributed by atoms with Gasteiger partial charge in [-0.05, 0) is 54.0 Å². The molecule has 1 saturated heterocycles. The first kappa shape index (κ1) is 15.7. The highest BCUT2D eigenvalue weighted by Crippen LogP contribution is 2.27. The van der Waals surface area contributed by atoms with E-state index >= 15 is 0 Å². The molecule has 1 aliphatic rings. The van der Waals surface area contributed by atoms with Gasteiger partial charge in [0.25, 0.3) is 0 Å². The van der Waals surface area contributed by atoms with Gasteiger partial charge in [-0.15, -0.1) is 0 Å². The lowest BCUT2D eigenvalue weighted by molar-refractivity contribution is 0.237. The van der Waals surface area contributed by atoms with Crippen molar-refractivity contribution in [1.82, 2.24) is 4.90 Å². The third kappa shape index (κ3) is 3.90. The molecule has 1 aromatic rings. The van der Waals surface area contributed by atoms with Crippen molar-refractivity contribution in [3.63, 3.8) is 0 Å². The van der Waals surface area contributed by atoms with Crippen molar-refractivity contribution in [3.05, 3.63) is 28.0 Å². The molecule has 0 saturated carbocycles. The summed E-state index contributed by atoms with van der Waals surface area (Å²) in [6, 6.07) is 3.42. The van der Waals surface area contributed by atoms with Crippen molar-refractivity contribution >= 4 is 38.8 Å². The fourth-order valence-corrected chi connectivity index (χ4v) is 3.27. The first-order valence-electron chi connectivity index (χ1n) is 6.83. The normalized spacial score (nSPS) is 16.1. The number of nitrogens with zero attached hydrogens (tertiary/aromatic N) is 1. The third-order valence-corrected chi connectivity index (χ3v) is 4.54. The van der Waals surface area contributed by atoms with Crippen molar-refractivity contribution in [2.24, 2.45) is 5.73 Å². The molecule has 1 fully saturated rings. The van der Waals surface area contributed by atoms with E-state index in [4.69, 9.17) is 18.0 Å². The highest BCUT2D eigenvalue weighted by Gasteiger charge is 2.13. The number of rotatable bonds is 5. The predicted octanol–water partition coefficient (Wildman–Crippen LogP) is 3.12. The molecule has 2 rings (SSSR count). The predicted molar refractivity (Wildman–Crippen MR) is 88.8 cm³/mol. The number of piperidine rings is 1. The van der Waals surface area contributed by atoms with Gasteiger partial charge in [0.1, 0.15) is 4.99 Å². The molecule has 3 N–H and O–H groups in total. The quantitative estimate of drug-likeness (QED) is 0.792. The average Bonchev–Trinajstić information content (AvgIpc) is 2.44. The minimum absolute atomic E-state index is 0.190. The second-order valence-corrected chi connectivity index (χ2v) is 6.21. The molecule has 1 aromatic carbocycles. The van der Waals surface area contributed by atoms with E-state index in [1.807, 2.05) is 0 Å². The van der Waals surface area contributed by atoms with Crippen LogP contribution in [0.25, 0.3) is 0 Å². The Balaban J connectivity index is 1.92. The fourth-order valence-electron chi connectivity index (χ4n) is 2.41. The smallest absolute Gasteiger partial charge is 0.161 e. The van der Waals surface area contributed by atoms with Gasteiger partial charge in [0.05, 0.1) is 10.2 Å². The highest BCUT2D eigenvalue weighted by molar-refractivity contribution is 9.10. The minimum Gasteiger partial charge on any atom is -0.389 e. The Morgan fingerprint density at radius 1 is 1.35 bits per heavy atom. The fraction of sp³-hybridized carbons (Fsp3) is 0.500. The van der Waals surface area contributed by atoms with E-state index < -0.39 is 0 Å². The van der Waals surface area contributed by atoms with Gasteiger partial charge in [0.15, 0.2) is 5.82 Å². The molecule has 0 aliphatic carbocycles. The molecular formula is C14H19BrFN3S. The van der Waals surface area contributed by atoms with Crippen LogP contribution in [0, 0.1) is 5.82 Å². The first-order valence-corrected chi connectivity index (χ1v) is 8.03. The van der Waals surface area contributed by atoms with Crippen LogP contribution in [0.1, 0.15) is 24.8 Å². The minimum atomic E-state index is -0.339. The van der Waals surface area contributed by atoms with Gasteiger partial charge < -0.3 is 16.0 Å². The molecule has 6 heteroatoms. The third-order valence-electron chi connectivity index (χ3n) is 3.54. The summed E-state index contributed by atoms with van der Waals surface area (Å²) in [5.41, 5.74) is 6.55. The number of nitrogens with one attached hydrogen (secondary N) is 1. The van der Waals surface area contributed by atoms with E-state index in [0.717, 1.165) is 26.2 Å². The Kier molecular flexibility index (Phi) is 5.74. The van der Waals surface area contributed by atoms with Crippen molar-refractivity contribution in [2.45, 2.75) is 19.3 Å². The summed E-state index contributed by atoms with van der Waals surface area (Å²) < 4.78 is 14.5. The maximum absolute atomic E-state index is 14.1.